The number of ether oxygens (including phenoxy) is 2. The number of hydrogen-bond acceptors (Lipinski definition) is 4. The second-order valence-corrected chi connectivity index (χ2v) is 5.65. The number of hydrogen-bond donors (Lipinski definition) is 2. The molecule has 1 aromatic heterocycles. The number of carboxylic acids is 1. The second-order valence-electron chi connectivity index (χ2n) is 5.65. The highest BCUT2D eigenvalue weighted by Gasteiger charge is 2.18. The summed E-state index contributed by atoms with van der Waals surface area (Å²) in [5, 5.41) is 12.1. The van der Waals surface area contributed by atoms with Gasteiger partial charge in [0.2, 0.25) is 0 Å². The lowest BCUT2D eigenvalue weighted by Crippen LogP contribution is -2.15. The fourth-order valence-electron chi connectivity index (χ4n) is 2.65. The molecule has 7 heteroatoms. The van der Waals surface area contributed by atoms with Crippen LogP contribution in [0.2, 0.25) is 0 Å². The minimum absolute atomic E-state index is 0.0926. The van der Waals surface area contributed by atoms with E-state index in [1.807, 2.05) is 41.2 Å². The van der Waals surface area contributed by atoms with E-state index in [9.17, 15) is 14.7 Å². The van der Waals surface area contributed by atoms with E-state index in [0.717, 1.165) is 5.69 Å². The van der Waals surface area contributed by atoms with Crippen molar-refractivity contribution in [3.63, 3.8) is 0 Å². The molecule has 2 N–H and O–H groups in total. The lowest BCUT2D eigenvalue weighted by molar-refractivity contribution is 0.0697. The Labute approximate surface area is 155 Å². The molecule has 0 saturated carbocycles. The zero-order valence-corrected chi connectivity index (χ0v) is 14.8. The molecule has 2 aromatic carbocycles. The van der Waals surface area contributed by atoms with E-state index in [2.05, 4.69) is 5.32 Å². The summed E-state index contributed by atoms with van der Waals surface area (Å²) < 4.78 is 12.2. The number of aromatic nitrogens is 1. The number of carbonyl (C=O) groups excluding carboxylic acids is 1. The first-order valence-corrected chi connectivity index (χ1v) is 8.07. The van der Waals surface area contributed by atoms with Crippen molar-refractivity contribution >= 4 is 17.6 Å². The maximum absolute atomic E-state index is 12.6. The Morgan fingerprint density at radius 3 is 2.11 bits per heavy atom. The Morgan fingerprint density at radius 2 is 1.56 bits per heavy atom. The Bertz CT molecular complexity index is 963. The maximum atomic E-state index is 12.6. The van der Waals surface area contributed by atoms with Crippen LogP contribution >= 0.6 is 0 Å². The van der Waals surface area contributed by atoms with Gasteiger partial charge in [0.1, 0.15) is 0 Å². The number of rotatable bonds is 6. The van der Waals surface area contributed by atoms with Gasteiger partial charge < -0.3 is 24.5 Å². The molecule has 0 atom stereocenters. The predicted octanol–water partition coefficient (Wildman–Crippen LogP) is 3.45. The number of amides is 1. The smallest absolute Gasteiger partial charge is 0.337 e. The van der Waals surface area contributed by atoms with Gasteiger partial charge in [-0.2, -0.15) is 0 Å². The van der Waals surface area contributed by atoms with Gasteiger partial charge in [-0.1, -0.05) is 0 Å². The predicted molar refractivity (Wildman–Crippen MR) is 100 cm³/mol. The summed E-state index contributed by atoms with van der Waals surface area (Å²) >= 11 is 0. The van der Waals surface area contributed by atoms with Gasteiger partial charge in [0.05, 0.1) is 25.5 Å². The van der Waals surface area contributed by atoms with E-state index in [-0.39, 0.29) is 17.0 Å². The highest BCUT2D eigenvalue weighted by Crippen LogP contribution is 2.33. The molecule has 27 heavy (non-hydrogen) atoms. The van der Waals surface area contributed by atoms with Crippen molar-refractivity contribution in [1.29, 1.82) is 0 Å². The molecule has 0 aliphatic rings. The van der Waals surface area contributed by atoms with Gasteiger partial charge in [-0.25, -0.2) is 4.79 Å². The summed E-state index contributed by atoms with van der Waals surface area (Å²) in [6, 6.07) is 13.5. The van der Waals surface area contributed by atoms with E-state index >= 15 is 0 Å². The first kappa shape index (κ1) is 18.1. The van der Waals surface area contributed by atoms with Crippen molar-refractivity contribution in [3.05, 3.63) is 72.1 Å². The summed E-state index contributed by atoms with van der Waals surface area (Å²) in [4.78, 5) is 24.1. The van der Waals surface area contributed by atoms with Gasteiger partial charge in [0.15, 0.2) is 11.5 Å². The van der Waals surface area contributed by atoms with Gasteiger partial charge >= 0.3 is 5.97 Å². The van der Waals surface area contributed by atoms with Gasteiger partial charge in [-0.05, 0) is 36.4 Å². The summed E-state index contributed by atoms with van der Waals surface area (Å²) in [5.41, 5.74) is 1.34. The van der Waals surface area contributed by atoms with E-state index in [0.29, 0.717) is 11.3 Å². The van der Waals surface area contributed by atoms with Crippen LogP contribution in [0.25, 0.3) is 5.69 Å². The third-order valence-corrected chi connectivity index (χ3v) is 4.03. The zero-order valence-electron chi connectivity index (χ0n) is 14.8. The Hall–Kier alpha value is -3.74. The number of carbonyl (C=O) groups is 2. The number of aromatic carboxylic acids is 1. The summed E-state index contributed by atoms with van der Waals surface area (Å²) in [5.74, 6) is -1.03. The molecule has 3 aromatic rings. The van der Waals surface area contributed by atoms with Crippen molar-refractivity contribution in [3.8, 4) is 17.2 Å². The highest BCUT2D eigenvalue weighted by atomic mass is 16.5. The first-order valence-electron chi connectivity index (χ1n) is 8.07. The van der Waals surface area contributed by atoms with Crippen molar-refractivity contribution in [2.75, 3.05) is 19.5 Å². The van der Waals surface area contributed by atoms with Gasteiger partial charge in [-0.3, -0.25) is 4.79 Å². The molecular weight excluding hydrogens is 348 g/mol. The Morgan fingerprint density at radius 1 is 0.963 bits per heavy atom. The SMILES string of the molecule is COc1cc(NC(=O)c2ccc(-n3cccc3)cc2)c(C(=O)O)cc1OC. The molecule has 0 aliphatic heterocycles. The maximum Gasteiger partial charge on any atom is 0.337 e. The molecule has 0 radical (unpaired) electrons. The number of nitrogens with one attached hydrogen (secondary N) is 1. The van der Waals surface area contributed by atoms with Crippen LogP contribution in [0.5, 0.6) is 11.5 Å². The van der Waals surface area contributed by atoms with Crippen LogP contribution in [0.1, 0.15) is 20.7 Å². The molecule has 0 fully saturated rings. The van der Waals surface area contributed by atoms with Crippen molar-refractivity contribution in [1.82, 2.24) is 4.57 Å². The molecule has 0 bridgehead atoms. The molecule has 138 valence electrons. The Balaban J connectivity index is 1.88. The van der Waals surface area contributed by atoms with Crippen LogP contribution < -0.4 is 14.8 Å². The number of anilines is 1. The third kappa shape index (κ3) is 3.77. The normalized spacial score (nSPS) is 10.3. The second kappa shape index (κ2) is 7.65. The quantitative estimate of drug-likeness (QED) is 0.697. The van der Waals surface area contributed by atoms with E-state index in [4.69, 9.17) is 9.47 Å². The highest BCUT2D eigenvalue weighted by molar-refractivity contribution is 6.08. The number of carboxylic acid groups (broad SMARTS) is 1. The third-order valence-electron chi connectivity index (χ3n) is 4.03. The fourth-order valence-corrected chi connectivity index (χ4v) is 2.65. The Kier molecular flexibility index (Phi) is 5.12. The van der Waals surface area contributed by atoms with Crippen LogP contribution in [0.4, 0.5) is 5.69 Å². The molecule has 3 rings (SSSR count). The first-order chi connectivity index (χ1) is 13.0. The minimum Gasteiger partial charge on any atom is -0.493 e. The number of nitrogens with zero attached hydrogens (tertiary/aromatic N) is 1. The monoisotopic (exact) mass is 366 g/mol. The number of benzene rings is 2. The van der Waals surface area contributed by atoms with Crippen LogP contribution in [0.15, 0.2) is 60.9 Å². The molecule has 1 amide bonds. The molecule has 0 aliphatic carbocycles. The van der Waals surface area contributed by atoms with Crippen LogP contribution in [0.3, 0.4) is 0 Å². The summed E-state index contributed by atoms with van der Waals surface area (Å²) in [6.45, 7) is 0. The summed E-state index contributed by atoms with van der Waals surface area (Å²) in [6.07, 6.45) is 3.80. The van der Waals surface area contributed by atoms with Crippen LogP contribution in [-0.4, -0.2) is 35.8 Å². The van der Waals surface area contributed by atoms with E-state index in [1.165, 1.54) is 26.4 Å². The van der Waals surface area contributed by atoms with Crippen LogP contribution in [-0.2, 0) is 0 Å². The average Bonchev–Trinajstić information content (AvgIpc) is 3.22. The fraction of sp³-hybridized carbons (Fsp3) is 0.100. The van der Waals surface area contributed by atoms with Crippen LogP contribution in [0, 0.1) is 0 Å². The molecule has 1 heterocycles. The van der Waals surface area contributed by atoms with E-state index < -0.39 is 11.9 Å². The number of methoxy groups -OCH3 is 2. The van der Waals surface area contributed by atoms with Crippen molar-refractivity contribution < 1.29 is 24.2 Å². The molecule has 0 saturated heterocycles. The average molecular weight is 366 g/mol. The van der Waals surface area contributed by atoms with E-state index in [1.54, 1.807) is 12.1 Å². The van der Waals surface area contributed by atoms with Crippen molar-refractivity contribution in [2.45, 2.75) is 0 Å². The minimum atomic E-state index is -1.19. The largest absolute Gasteiger partial charge is 0.493 e. The molecule has 0 spiro atoms. The summed E-state index contributed by atoms with van der Waals surface area (Å²) in [7, 11) is 2.85. The van der Waals surface area contributed by atoms with Gasteiger partial charge in [-0.15, -0.1) is 0 Å². The molecule has 0 unspecified atom stereocenters. The topological polar surface area (TPSA) is 89.8 Å². The molecule has 7 nitrogen and oxygen atoms in total. The lowest BCUT2D eigenvalue weighted by Gasteiger charge is -2.14. The van der Waals surface area contributed by atoms with Crippen molar-refractivity contribution in [2.24, 2.45) is 0 Å². The molecular formula is C20H18N2O5. The van der Waals surface area contributed by atoms with Gasteiger partial charge in [0.25, 0.3) is 5.91 Å². The van der Waals surface area contributed by atoms with Gasteiger partial charge in [0, 0.05) is 35.8 Å². The standard InChI is InChI=1S/C20H18N2O5/c1-26-17-11-15(20(24)25)16(12-18(17)27-2)21-19(23)13-5-7-14(8-6-13)22-9-3-4-10-22/h3-12H,1-2H3,(H,21,23)(H,24,25). The zero-order chi connectivity index (χ0) is 19.4. The lowest BCUT2D eigenvalue weighted by atomic mass is 10.1.